The van der Waals surface area contributed by atoms with Gasteiger partial charge >= 0.3 is 0 Å². The minimum absolute atomic E-state index is 0.0492. The van der Waals surface area contributed by atoms with Gasteiger partial charge in [-0.15, -0.1) is 0 Å². The van der Waals surface area contributed by atoms with E-state index in [0.29, 0.717) is 6.42 Å². The molecule has 1 heteroatoms. The first-order valence-electron chi connectivity index (χ1n) is 5.47. The van der Waals surface area contributed by atoms with Crippen LogP contribution in [0.5, 0.6) is 0 Å². The van der Waals surface area contributed by atoms with Crippen molar-refractivity contribution in [3.05, 3.63) is 12.2 Å². The average Bonchev–Trinajstić information content (AvgIpc) is 1.98. The number of hydrogen-bond donors (Lipinski definition) is 0. The highest BCUT2D eigenvalue weighted by molar-refractivity contribution is 5.76. The Kier molecular flexibility index (Phi) is 2.89. The molecule has 14 heavy (non-hydrogen) atoms. The largest absolute Gasteiger partial charge is 0.300 e. The summed E-state index contributed by atoms with van der Waals surface area (Å²) in [6, 6.07) is 0. The van der Waals surface area contributed by atoms with Crippen LogP contribution >= 0.6 is 0 Å². The number of hydrogen-bond acceptors (Lipinski definition) is 1. The highest BCUT2D eigenvalue weighted by Gasteiger charge is 2.40. The zero-order chi connectivity index (χ0) is 11.0. The van der Waals surface area contributed by atoms with Crippen molar-refractivity contribution in [3.8, 4) is 0 Å². The molecule has 0 saturated heterocycles. The Labute approximate surface area is 87.6 Å². The Morgan fingerprint density at radius 2 is 1.93 bits per heavy atom. The Balaban J connectivity index is 2.88. The van der Waals surface area contributed by atoms with E-state index >= 15 is 0 Å². The zero-order valence-corrected chi connectivity index (χ0v) is 9.94. The van der Waals surface area contributed by atoms with Gasteiger partial charge in [-0.1, -0.05) is 39.3 Å². The fourth-order valence-corrected chi connectivity index (χ4v) is 2.78. The van der Waals surface area contributed by atoms with Crippen LogP contribution in [0.3, 0.4) is 0 Å². The van der Waals surface area contributed by atoms with Crippen LogP contribution in [-0.2, 0) is 4.79 Å². The summed E-state index contributed by atoms with van der Waals surface area (Å²) in [6.07, 6.45) is 4.21. The van der Waals surface area contributed by atoms with E-state index in [1.54, 1.807) is 6.92 Å². The van der Waals surface area contributed by atoms with Crippen LogP contribution in [0.1, 0.15) is 53.4 Å². The van der Waals surface area contributed by atoms with E-state index in [1.165, 1.54) is 18.4 Å². The lowest BCUT2D eigenvalue weighted by Gasteiger charge is -2.45. The van der Waals surface area contributed by atoms with Crippen LogP contribution in [0.4, 0.5) is 0 Å². The third-order valence-electron chi connectivity index (χ3n) is 3.71. The summed E-state index contributed by atoms with van der Waals surface area (Å²) >= 11 is 0. The average molecular weight is 194 g/mol. The smallest absolute Gasteiger partial charge is 0.130 e. The summed E-state index contributed by atoms with van der Waals surface area (Å²) in [5.74, 6) is 0.284. The topological polar surface area (TPSA) is 17.1 Å². The maximum Gasteiger partial charge on any atom is 0.130 e. The van der Waals surface area contributed by atoms with Crippen LogP contribution < -0.4 is 0 Å². The number of ketones is 1. The second-order valence-corrected chi connectivity index (χ2v) is 5.66. The van der Waals surface area contributed by atoms with E-state index < -0.39 is 0 Å². The molecule has 0 N–H and O–H groups in total. The molecule has 0 aromatic rings. The van der Waals surface area contributed by atoms with Gasteiger partial charge in [0.25, 0.3) is 0 Å². The Morgan fingerprint density at radius 3 is 2.43 bits per heavy atom. The van der Waals surface area contributed by atoms with Crippen LogP contribution in [-0.4, -0.2) is 5.78 Å². The summed E-state index contributed by atoms with van der Waals surface area (Å²) in [4.78, 5) is 11.2. The molecule has 1 aliphatic rings. The van der Waals surface area contributed by atoms with Crippen molar-refractivity contribution in [1.82, 2.24) is 0 Å². The Morgan fingerprint density at radius 1 is 1.36 bits per heavy atom. The normalized spacial score (nSPS) is 31.6. The van der Waals surface area contributed by atoms with Gasteiger partial charge < -0.3 is 0 Å². The van der Waals surface area contributed by atoms with Crippen molar-refractivity contribution in [2.24, 2.45) is 10.8 Å². The fourth-order valence-electron chi connectivity index (χ4n) is 2.78. The molecular formula is C13H22O. The molecule has 0 aromatic heterocycles. The summed E-state index contributed by atoms with van der Waals surface area (Å²) in [5, 5.41) is 0. The van der Waals surface area contributed by atoms with Crippen LogP contribution in [0, 0.1) is 10.8 Å². The molecule has 1 nitrogen and oxygen atoms in total. The molecule has 0 radical (unpaired) electrons. The molecule has 0 spiro atoms. The summed E-state index contributed by atoms with van der Waals surface area (Å²) in [5.41, 5.74) is 1.53. The molecule has 0 aliphatic heterocycles. The van der Waals surface area contributed by atoms with Gasteiger partial charge in [-0.05, 0) is 30.6 Å². The number of carbonyl (C=O) groups excluding carboxylic acids is 1. The molecule has 1 fully saturated rings. The lowest BCUT2D eigenvalue weighted by Crippen LogP contribution is -2.35. The SMILES string of the molecule is C=C1C(C)(C)CCC[C@]1(C)CC(C)=O. The highest BCUT2D eigenvalue weighted by Crippen LogP contribution is 2.51. The number of Topliss-reactive ketones (excluding diaryl/α,β-unsaturated/α-hetero) is 1. The summed E-state index contributed by atoms with van der Waals surface area (Å²) < 4.78 is 0. The third-order valence-corrected chi connectivity index (χ3v) is 3.71. The lowest BCUT2D eigenvalue weighted by atomic mass is 9.59. The lowest BCUT2D eigenvalue weighted by molar-refractivity contribution is -0.119. The van der Waals surface area contributed by atoms with E-state index in [0.717, 1.165) is 6.42 Å². The molecule has 0 aromatic carbocycles. The van der Waals surface area contributed by atoms with Gasteiger partial charge in [0, 0.05) is 6.42 Å². The monoisotopic (exact) mass is 194 g/mol. The van der Waals surface area contributed by atoms with E-state index in [4.69, 9.17) is 0 Å². The molecule has 1 saturated carbocycles. The molecular weight excluding hydrogens is 172 g/mol. The molecule has 1 rings (SSSR count). The standard InChI is InChI=1S/C13H22O/c1-10(14)9-13(5)8-6-7-12(3,4)11(13)2/h2,6-9H2,1,3-5H3/t13-/m1/s1. The fraction of sp³-hybridized carbons (Fsp3) is 0.769. The molecule has 0 bridgehead atoms. The second-order valence-electron chi connectivity index (χ2n) is 5.66. The van der Waals surface area contributed by atoms with Crippen molar-refractivity contribution in [2.75, 3.05) is 0 Å². The van der Waals surface area contributed by atoms with E-state index in [1.807, 2.05) is 0 Å². The maximum atomic E-state index is 11.2. The van der Waals surface area contributed by atoms with E-state index in [2.05, 4.69) is 27.4 Å². The molecule has 0 unspecified atom stereocenters. The predicted molar refractivity (Wildman–Crippen MR) is 60.2 cm³/mol. The number of allylic oxidation sites excluding steroid dienone is 1. The molecule has 0 amide bonds. The highest BCUT2D eigenvalue weighted by atomic mass is 16.1. The van der Waals surface area contributed by atoms with Crippen molar-refractivity contribution in [1.29, 1.82) is 0 Å². The van der Waals surface area contributed by atoms with Gasteiger partial charge in [-0.25, -0.2) is 0 Å². The quantitative estimate of drug-likeness (QED) is 0.612. The number of rotatable bonds is 2. The van der Waals surface area contributed by atoms with Crippen molar-refractivity contribution in [3.63, 3.8) is 0 Å². The van der Waals surface area contributed by atoms with Gasteiger partial charge in [-0.3, -0.25) is 4.79 Å². The zero-order valence-electron chi connectivity index (χ0n) is 9.94. The first kappa shape index (κ1) is 11.5. The van der Waals surface area contributed by atoms with Crippen LogP contribution in [0.2, 0.25) is 0 Å². The molecule has 1 atom stereocenters. The second kappa shape index (κ2) is 3.52. The summed E-state index contributed by atoms with van der Waals surface area (Å²) in [7, 11) is 0. The van der Waals surface area contributed by atoms with E-state index in [-0.39, 0.29) is 16.6 Å². The van der Waals surface area contributed by atoms with Crippen molar-refractivity contribution >= 4 is 5.78 Å². The van der Waals surface area contributed by atoms with Gasteiger partial charge in [0.1, 0.15) is 5.78 Å². The van der Waals surface area contributed by atoms with Gasteiger partial charge in [0.05, 0.1) is 0 Å². The Bertz CT molecular complexity index is 262. The first-order chi connectivity index (χ1) is 6.28. The predicted octanol–water partition coefficient (Wildman–Crippen LogP) is 3.74. The molecule has 80 valence electrons. The van der Waals surface area contributed by atoms with Gasteiger partial charge in [0.15, 0.2) is 0 Å². The number of carbonyl (C=O) groups is 1. The first-order valence-corrected chi connectivity index (χ1v) is 5.47. The maximum absolute atomic E-state index is 11.2. The van der Waals surface area contributed by atoms with Crippen molar-refractivity contribution < 1.29 is 4.79 Å². The van der Waals surface area contributed by atoms with Crippen molar-refractivity contribution in [2.45, 2.75) is 53.4 Å². The van der Waals surface area contributed by atoms with Crippen LogP contribution in [0.25, 0.3) is 0 Å². The van der Waals surface area contributed by atoms with E-state index in [9.17, 15) is 4.79 Å². The minimum atomic E-state index is 0.0492. The summed E-state index contributed by atoms with van der Waals surface area (Å²) in [6.45, 7) is 12.6. The van der Waals surface area contributed by atoms with Gasteiger partial charge in [-0.2, -0.15) is 0 Å². The Hall–Kier alpha value is -0.590. The third kappa shape index (κ3) is 2.08. The minimum Gasteiger partial charge on any atom is -0.300 e. The molecule has 1 aliphatic carbocycles. The van der Waals surface area contributed by atoms with Gasteiger partial charge in [0.2, 0.25) is 0 Å². The van der Waals surface area contributed by atoms with Crippen LogP contribution in [0.15, 0.2) is 12.2 Å². The molecule has 0 heterocycles.